The van der Waals surface area contributed by atoms with Crippen LogP contribution in [0.25, 0.3) is 0 Å². The third-order valence-corrected chi connectivity index (χ3v) is 10.2. The molecule has 0 radical (unpaired) electrons. The molecular formula is C32H37Cl2N3O4S. The van der Waals surface area contributed by atoms with Crippen LogP contribution in [0.5, 0.6) is 0 Å². The van der Waals surface area contributed by atoms with E-state index in [9.17, 15) is 18.0 Å². The standard InChI is InChI=1S/C32H37Cl2N3O4S/c1-3-30(32(39)35-24-11-6-4-7-12-24)36(21-27-28(33)15-10-16-29(27)34)31(38)22-37(25-13-8-5-9-14-25)42(40,41)26-19-17-23(2)18-20-26/h5,8-10,13-20,24,30H,3-4,6-7,11-12,21-22H2,1-2H3,(H,35,39)/t30-/m0/s1. The second-order valence-electron chi connectivity index (χ2n) is 10.6. The van der Waals surface area contributed by atoms with E-state index in [0.29, 0.717) is 27.7 Å². The first-order valence-electron chi connectivity index (χ1n) is 14.3. The van der Waals surface area contributed by atoms with Gasteiger partial charge in [0.25, 0.3) is 10.0 Å². The molecule has 2 amide bonds. The van der Waals surface area contributed by atoms with Crippen LogP contribution in [-0.4, -0.2) is 43.8 Å². The van der Waals surface area contributed by atoms with E-state index in [1.165, 1.54) is 17.0 Å². The van der Waals surface area contributed by atoms with Gasteiger partial charge >= 0.3 is 0 Å². The van der Waals surface area contributed by atoms with Crippen LogP contribution in [0, 0.1) is 6.92 Å². The molecule has 0 unspecified atom stereocenters. The van der Waals surface area contributed by atoms with Crippen LogP contribution < -0.4 is 9.62 Å². The zero-order valence-electron chi connectivity index (χ0n) is 23.9. The second kappa shape index (κ2) is 14.4. The second-order valence-corrected chi connectivity index (χ2v) is 13.3. The summed E-state index contributed by atoms with van der Waals surface area (Å²) in [7, 11) is -4.13. The highest BCUT2D eigenvalue weighted by Gasteiger charge is 2.35. The van der Waals surface area contributed by atoms with E-state index in [-0.39, 0.29) is 23.4 Å². The van der Waals surface area contributed by atoms with Crippen molar-refractivity contribution in [2.24, 2.45) is 0 Å². The quantitative estimate of drug-likeness (QED) is 0.254. The molecule has 0 aliphatic heterocycles. The molecule has 42 heavy (non-hydrogen) atoms. The fraction of sp³-hybridized carbons (Fsp3) is 0.375. The van der Waals surface area contributed by atoms with Crippen molar-refractivity contribution in [1.82, 2.24) is 10.2 Å². The van der Waals surface area contributed by atoms with Crippen LogP contribution in [0.3, 0.4) is 0 Å². The van der Waals surface area contributed by atoms with Crippen molar-refractivity contribution in [3.05, 3.63) is 94.0 Å². The first kappa shape index (κ1) is 31.9. The average Bonchev–Trinajstić information content (AvgIpc) is 2.98. The maximum atomic E-state index is 14.2. The van der Waals surface area contributed by atoms with Gasteiger partial charge in [0.1, 0.15) is 12.6 Å². The minimum Gasteiger partial charge on any atom is -0.352 e. The topological polar surface area (TPSA) is 86.8 Å². The molecule has 1 N–H and O–H groups in total. The van der Waals surface area contributed by atoms with E-state index in [1.807, 2.05) is 13.8 Å². The SMILES string of the molecule is CC[C@@H](C(=O)NC1CCCCC1)N(Cc1c(Cl)cccc1Cl)C(=O)CN(c1ccccc1)S(=O)(=O)c1ccc(C)cc1. The predicted molar refractivity (Wildman–Crippen MR) is 168 cm³/mol. The van der Waals surface area contributed by atoms with Gasteiger partial charge in [-0.1, -0.05) is 91.3 Å². The maximum absolute atomic E-state index is 14.2. The van der Waals surface area contributed by atoms with Gasteiger partial charge in [-0.3, -0.25) is 13.9 Å². The number of benzene rings is 3. The number of rotatable bonds is 11. The Balaban J connectivity index is 1.72. The lowest BCUT2D eigenvalue weighted by molar-refractivity contribution is -0.140. The number of hydrogen-bond donors (Lipinski definition) is 1. The largest absolute Gasteiger partial charge is 0.352 e. The number of hydrogen-bond acceptors (Lipinski definition) is 4. The predicted octanol–water partition coefficient (Wildman–Crippen LogP) is 6.75. The van der Waals surface area contributed by atoms with Gasteiger partial charge < -0.3 is 10.2 Å². The van der Waals surface area contributed by atoms with E-state index in [1.54, 1.807) is 60.7 Å². The number of carbonyl (C=O) groups is 2. The van der Waals surface area contributed by atoms with Gasteiger partial charge in [0.05, 0.1) is 10.6 Å². The highest BCUT2D eigenvalue weighted by Crippen LogP contribution is 2.29. The fourth-order valence-electron chi connectivity index (χ4n) is 5.28. The molecule has 1 fully saturated rings. The third-order valence-electron chi connectivity index (χ3n) is 7.66. The summed E-state index contributed by atoms with van der Waals surface area (Å²) < 4.78 is 29.0. The molecule has 3 aromatic rings. The Morgan fingerprint density at radius 1 is 0.905 bits per heavy atom. The Labute approximate surface area is 258 Å². The van der Waals surface area contributed by atoms with Crippen molar-refractivity contribution in [2.45, 2.75) is 75.9 Å². The lowest BCUT2D eigenvalue weighted by Crippen LogP contribution is -2.54. The lowest BCUT2D eigenvalue weighted by Gasteiger charge is -2.34. The molecule has 0 bridgehead atoms. The summed E-state index contributed by atoms with van der Waals surface area (Å²) in [6.07, 6.45) is 5.34. The van der Waals surface area contributed by atoms with Gasteiger partial charge in [0, 0.05) is 28.2 Å². The minimum absolute atomic E-state index is 0.0453. The monoisotopic (exact) mass is 629 g/mol. The van der Waals surface area contributed by atoms with Gasteiger partial charge in [0.2, 0.25) is 11.8 Å². The number of carbonyl (C=O) groups excluding carboxylic acids is 2. The van der Waals surface area contributed by atoms with E-state index in [0.717, 1.165) is 42.0 Å². The number of halogens is 2. The van der Waals surface area contributed by atoms with Crippen LogP contribution in [0.2, 0.25) is 10.0 Å². The number of nitrogens with zero attached hydrogens (tertiary/aromatic N) is 2. The van der Waals surface area contributed by atoms with Crippen molar-refractivity contribution in [1.29, 1.82) is 0 Å². The first-order chi connectivity index (χ1) is 20.1. The van der Waals surface area contributed by atoms with Gasteiger partial charge in [-0.2, -0.15) is 0 Å². The smallest absolute Gasteiger partial charge is 0.264 e. The molecule has 1 atom stereocenters. The molecule has 1 aliphatic carbocycles. The number of anilines is 1. The van der Waals surface area contributed by atoms with Gasteiger partial charge in [-0.05, 0) is 62.6 Å². The molecular weight excluding hydrogens is 593 g/mol. The molecule has 224 valence electrons. The molecule has 7 nitrogen and oxygen atoms in total. The van der Waals surface area contributed by atoms with Crippen LogP contribution in [-0.2, 0) is 26.2 Å². The number of amides is 2. The van der Waals surface area contributed by atoms with E-state index >= 15 is 0 Å². The number of sulfonamides is 1. The minimum atomic E-state index is -4.13. The van der Waals surface area contributed by atoms with Crippen molar-refractivity contribution in [2.75, 3.05) is 10.8 Å². The highest BCUT2D eigenvalue weighted by atomic mass is 35.5. The third kappa shape index (κ3) is 7.65. The van der Waals surface area contributed by atoms with Crippen molar-refractivity contribution in [3.63, 3.8) is 0 Å². The van der Waals surface area contributed by atoms with Gasteiger partial charge in [-0.15, -0.1) is 0 Å². The zero-order chi connectivity index (χ0) is 30.3. The van der Waals surface area contributed by atoms with Crippen molar-refractivity contribution in [3.8, 4) is 0 Å². The van der Waals surface area contributed by atoms with Crippen molar-refractivity contribution >= 4 is 50.7 Å². The Kier molecular flexibility index (Phi) is 10.9. The fourth-order valence-corrected chi connectivity index (χ4v) is 7.21. The summed E-state index contributed by atoms with van der Waals surface area (Å²) in [6, 6.07) is 19.2. The summed E-state index contributed by atoms with van der Waals surface area (Å²) in [6.45, 7) is 3.13. The molecule has 4 rings (SSSR count). The number of nitrogens with one attached hydrogen (secondary N) is 1. The van der Waals surface area contributed by atoms with E-state index in [2.05, 4.69) is 5.32 Å². The Morgan fingerprint density at radius 3 is 2.12 bits per heavy atom. The van der Waals surface area contributed by atoms with Crippen LogP contribution in [0.4, 0.5) is 5.69 Å². The summed E-state index contributed by atoms with van der Waals surface area (Å²) in [4.78, 5) is 29.4. The molecule has 0 spiro atoms. The molecule has 3 aromatic carbocycles. The normalized spacial score (nSPS) is 14.7. The molecule has 10 heteroatoms. The average molecular weight is 631 g/mol. The molecule has 0 saturated heterocycles. The lowest BCUT2D eigenvalue weighted by atomic mass is 9.95. The van der Waals surface area contributed by atoms with E-state index < -0.39 is 28.5 Å². The molecule has 1 saturated carbocycles. The summed E-state index contributed by atoms with van der Waals surface area (Å²) >= 11 is 13.0. The molecule has 0 heterocycles. The van der Waals surface area contributed by atoms with Crippen LogP contribution in [0.1, 0.15) is 56.6 Å². The Hall–Kier alpha value is -3.07. The number of aryl methyl sites for hydroxylation is 1. The summed E-state index contributed by atoms with van der Waals surface area (Å²) in [5, 5.41) is 3.85. The van der Waals surface area contributed by atoms with Crippen LogP contribution >= 0.6 is 23.2 Å². The first-order valence-corrected chi connectivity index (χ1v) is 16.5. The Bertz CT molecular complexity index is 1460. The Morgan fingerprint density at radius 2 is 1.52 bits per heavy atom. The molecule has 0 aromatic heterocycles. The molecule has 1 aliphatic rings. The zero-order valence-corrected chi connectivity index (χ0v) is 26.3. The van der Waals surface area contributed by atoms with Crippen molar-refractivity contribution < 1.29 is 18.0 Å². The maximum Gasteiger partial charge on any atom is 0.264 e. The number of para-hydroxylation sites is 1. The summed E-state index contributed by atoms with van der Waals surface area (Å²) in [5.41, 5.74) is 1.74. The summed E-state index contributed by atoms with van der Waals surface area (Å²) in [5.74, 6) is -0.815. The highest BCUT2D eigenvalue weighted by molar-refractivity contribution is 7.92. The van der Waals surface area contributed by atoms with Gasteiger partial charge in [0.15, 0.2) is 0 Å². The van der Waals surface area contributed by atoms with E-state index in [4.69, 9.17) is 23.2 Å². The van der Waals surface area contributed by atoms with Crippen LogP contribution in [0.15, 0.2) is 77.7 Å². The van der Waals surface area contributed by atoms with Gasteiger partial charge in [-0.25, -0.2) is 8.42 Å².